The minimum atomic E-state index is -0.686. The number of hydrazone groups is 1. The van der Waals surface area contributed by atoms with Crippen LogP contribution in [0.5, 0.6) is 11.5 Å². The van der Waals surface area contributed by atoms with E-state index in [1.54, 1.807) is 20.3 Å². The molecule has 3 N–H and O–H groups in total. The highest BCUT2D eigenvalue weighted by Gasteiger charge is 2.09. The average molecular weight is 279 g/mol. The van der Waals surface area contributed by atoms with E-state index in [1.807, 2.05) is 12.1 Å². The normalized spacial score (nSPS) is 11.1. The predicted octanol–water partition coefficient (Wildman–Crippen LogP) is 2.27. The number of carbonyl (C=O) groups is 1. The number of methoxy groups -OCH3 is 2. The van der Waals surface area contributed by atoms with Crippen molar-refractivity contribution >= 4 is 11.7 Å². The fraction of sp³-hybridized carbons (Fsp3) is 0.429. The van der Waals surface area contributed by atoms with E-state index in [-0.39, 0.29) is 0 Å². The van der Waals surface area contributed by atoms with Crippen LogP contribution in [-0.2, 0) is 0 Å². The minimum absolute atomic E-state index is 0.669. The van der Waals surface area contributed by atoms with Crippen molar-refractivity contribution in [3.05, 3.63) is 23.8 Å². The Balaban J connectivity index is 3.10. The van der Waals surface area contributed by atoms with E-state index in [9.17, 15) is 4.79 Å². The molecule has 1 aromatic carbocycles. The number of ether oxygens (including phenoxy) is 2. The summed E-state index contributed by atoms with van der Waals surface area (Å²) in [5.41, 5.74) is 8.90. The monoisotopic (exact) mass is 279 g/mol. The first-order valence-corrected chi connectivity index (χ1v) is 6.46. The predicted molar refractivity (Wildman–Crippen MR) is 78.3 cm³/mol. The SMILES string of the molecule is CCCCC(=NNC(N)=O)c1cc(OC)cc(OC)c1. The van der Waals surface area contributed by atoms with Gasteiger partial charge in [0.25, 0.3) is 0 Å². The van der Waals surface area contributed by atoms with E-state index in [0.717, 1.165) is 30.5 Å². The third-order valence-electron chi connectivity index (χ3n) is 2.75. The number of nitrogens with two attached hydrogens (primary N) is 1. The molecular weight excluding hydrogens is 258 g/mol. The molecule has 0 aliphatic carbocycles. The van der Waals surface area contributed by atoms with Gasteiger partial charge in [0.05, 0.1) is 19.9 Å². The van der Waals surface area contributed by atoms with E-state index < -0.39 is 6.03 Å². The first kappa shape index (κ1) is 15.8. The summed E-state index contributed by atoms with van der Waals surface area (Å²) in [6.45, 7) is 2.09. The maximum Gasteiger partial charge on any atom is 0.332 e. The first-order chi connectivity index (χ1) is 9.60. The lowest BCUT2D eigenvalue weighted by molar-refractivity contribution is 0.249. The van der Waals surface area contributed by atoms with Crippen molar-refractivity contribution in [2.24, 2.45) is 10.8 Å². The quantitative estimate of drug-likeness (QED) is 0.593. The molecule has 0 saturated heterocycles. The number of urea groups is 1. The van der Waals surface area contributed by atoms with Crippen LogP contribution in [0.25, 0.3) is 0 Å². The van der Waals surface area contributed by atoms with Crippen LogP contribution >= 0.6 is 0 Å². The Bertz CT molecular complexity index is 464. The highest BCUT2D eigenvalue weighted by molar-refractivity contribution is 6.01. The number of unbranched alkanes of at least 4 members (excludes halogenated alkanes) is 1. The second-order valence-corrected chi connectivity index (χ2v) is 4.24. The van der Waals surface area contributed by atoms with E-state index in [1.165, 1.54) is 0 Å². The van der Waals surface area contributed by atoms with Crippen LogP contribution in [0.15, 0.2) is 23.3 Å². The molecule has 0 bridgehead atoms. The maximum absolute atomic E-state index is 10.8. The molecule has 110 valence electrons. The van der Waals surface area contributed by atoms with Crippen molar-refractivity contribution in [2.75, 3.05) is 14.2 Å². The van der Waals surface area contributed by atoms with Gasteiger partial charge in [-0.05, 0) is 25.0 Å². The Kier molecular flexibility index (Phi) is 6.36. The fourth-order valence-electron chi connectivity index (χ4n) is 1.71. The van der Waals surface area contributed by atoms with Crippen LogP contribution < -0.4 is 20.6 Å². The second-order valence-electron chi connectivity index (χ2n) is 4.24. The largest absolute Gasteiger partial charge is 0.497 e. The summed E-state index contributed by atoms with van der Waals surface area (Å²) in [6.07, 6.45) is 2.71. The van der Waals surface area contributed by atoms with Crippen LogP contribution in [-0.4, -0.2) is 26.0 Å². The van der Waals surface area contributed by atoms with E-state index in [2.05, 4.69) is 17.5 Å². The number of carbonyl (C=O) groups excluding carboxylic acids is 1. The number of amides is 2. The number of primary amides is 1. The average Bonchev–Trinajstić information content (AvgIpc) is 2.46. The molecule has 0 unspecified atom stereocenters. The lowest BCUT2D eigenvalue weighted by atomic mass is 10.0. The van der Waals surface area contributed by atoms with E-state index >= 15 is 0 Å². The topological polar surface area (TPSA) is 85.9 Å². The van der Waals surface area contributed by atoms with Crippen molar-refractivity contribution in [3.63, 3.8) is 0 Å². The molecular formula is C14H21N3O3. The maximum atomic E-state index is 10.8. The lowest BCUT2D eigenvalue weighted by Gasteiger charge is -2.10. The highest BCUT2D eigenvalue weighted by Crippen LogP contribution is 2.24. The van der Waals surface area contributed by atoms with Gasteiger partial charge < -0.3 is 15.2 Å². The number of nitrogens with zero attached hydrogens (tertiary/aromatic N) is 1. The smallest absolute Gasteiger partial charge is 0.332 e. The molecule has 1 rings (SSSR count). The van der Waals surface area contributed by atoms with Crippen molar-refractivity contribution < 1.29 is 14.3 Å². The molecule has 0 radical (unpaired) electrons. The number of nitrogens with one attached hydrogen (secondary N) is 1. The van der Waals surface area contributed by atoms with Gasteiger partial charge in [-0.3, -0.25) is 0 Å². The Morgan fingerprint density at radius 2 is 1.85 bits per heavy atom. The van der Waals surface area contributed by atoms with Gasteiger partial charge in [-0.15, -0.1) is 0 Å². The third kappa shape index (κ3) is 4.79. The Hall–Kier alpha value is -2.24. The van der Waals surface area contributed by atoms with Crippen LogP contribution in [0.4, 0.5) is 4.79 Å². The first-order valence-electron chi connectivity index (χ1n) is 6.46. The molecule has 0 fully saturated rings. The van der Waals surface area contributed by atoms with E-state index in [0.29, 0.717) is 11.5 Å². The summed E-state index contributed by atoms with van der Waals surface area (Å²) in [6, 6.07) is 4.79. The van der Waals surface area contributed by atoms with Crippen LogP contribution in [0.2, 0.25) is 0 Å². The third-order valence-corrected chi connectivity index (χ3v) is 2.75. The van der Waals surface area contributed by atoms with Gasteiger partial charge in [-0.2, -0.15) is 5.10 Å². The molecule has 1 aromatic rings. The Morgan fingerprint density at radius 3 is 2.30 bits per heavy atom. The fourth-order valence-corrected chi connectivity index (χ4v) is 1.71. The molecule has 6 heteroatoms. The minimum Gasteiger partial charge on any atom is -0.497 e. The molecule has 20 heavy (non-hydrogen) atoms. The summed E-state index contributed by atoms with van der Waals surface area (Å²) < 4.78 is 10.5. The van der Waals surface area contributed by atoms with Crippen molar-refractivity contribution in [2.45, 2.75) is 26.2 Å². The summed E-state index contributed by atoms with van der Waals surface area (Å²) >= 11 is 0. The molecule has 6 nitrogen and oxygen atoms in total. The number of rotatable bonds is 7. The van der Waals surface area contributed by atoms with Crippen molar-refractivity contribution in [1.82, 2.24) is 5.43 Å². The van der Waals surface area contributed by atoms with Gasteiger partial charge >= 0.3 is 6.03 Å². The summed E-state index contributed by atoms with van der Waals surface area (Å²) in [5.74, 6) is 1.34. The Morgan fingerprint density at radius 1 is 1.25 bits per heavy atom. The number of hydrogen-bond acceptors (Lipinski definition) is 4. The molecule has 0 aliphatic heterocycles. The van der Waals surface area contributed by atoms with Gasteiger partial charge in [-0.25, -0.2) is 10.2 Å². The molecule has 0 spiro atoms. The van der Waals surface area contributed by atoms with Gasteiger partial charge in [0.1, 0.15) is 11.5 Å². The van der Waals surface area contributed by atoms with Crippen molar-refractivity contribution in [3.8, 4) is 11.5 Å². The van der Waals surface area contributed by atoms with Gasteiger partial charge in [0.15, 0.2) is 0 Å². The Labute approximate surface area is 118 Å². The lowest BCUT2D eigenvalue weighted by Crippen LogP contribution is -2.26. The molecule has 0 atom stereocenters. The zero-order chi connectivity index (χ0) is 15.0. The summed E-state index contributed by atoms with van der Waals surface area (Å²) in [7, 11) is 3.17. The van der Waals surface area contributed by atoms with Gasteiger partial charge in [0, 0.05) is 11.6 Å². The molecule has 0 aliphatic rings. The molecule has 0 heterocycles. The highest BCUT2D eigenvalue weighted by atomic mass is 16.5. The number of hydrogen-bond donors (Lipinski definition) is 2. The molecule has 2 amide bonds. The standard InChI is InChI=1S/C14H21N3O3/c1-4-5-6-13(16-17-14(15)18)10-7-11(19-2)9-12(8-10)20-3/h7-9H,4-6H2,1-3H3,(H3,15,17,18). The van der Waals surface area contributed by atoms with E-state index in [4.69, 9.17) is 15.2 Å². The summed E-state index contributed by atoms with van der Waals surface area (Å²) in [4.78, 5) is 10.8. The van der Waals surface area contributed by atoms with Gasteiger partial charge in [0.2, 0.25) is 0 Å². The van der Waals surface area contributed by atoms with Crippen LogP contribution in [0.3, 0.4) is 0 Å². The zero-order valence-electron chi connectivity index (χ0n) is 12.1. The van der Waals surface area contributed by atoms with Crippen LogP contribution in [0.1, 0.15) is 31.7 Å². The molecule has 0 aromatic heterocycles. The van der Waals surface area contributed by atoms with Gasteiger partial charge in [-0.1, -0.05) is 13.3 Å². The van der Waals surface area contributed by atoms with Crippen LogP contribution in [0, 0.1) is 0 Å². The molecule has 0 saturated carbocycles. The number of benzene rings is 1. The zero-order valence-corrected chi connectivity index (χ0v) is 12.1. The van der Waals surface area contributed by atoms with Crippen molar-refractivity contribution in [1.29, 1.82) is 0 Å². The second kappa shape index (κ2) is 8.04. The summed E-state index contributed by atoms with van der Waals surface area (Å²) in [5, 5.41) is 4.06.